The summed E-state index contributed by atoms with van der Waals surface area (Å²) in [6, 6.07) is 2.15. The van der Waals surface area contributed by atoms with Gasteiger partial charge in [-0.2, -0.15) is 0 Å². The predicted molar refractivity (Wildman–Crippen MR) is 114 cm³/mol. The first-order valence-corrected chi connectivity index (χ1v) is 9.09. The highest BCUT2D eigenvalue weighted by Crippen LogP contribution is 2.48. The molecule has 5 nitrogen and oxygen atoms in total. The third-order valence-corrected chi connectivity index (χ3v) is 5.04. The molecule has 24 heavy (non-hydrogen) atoms. The minimum atomic E-state index is 0. The Morgan fingerprint density at radius 2 is 2.21 bits per heavy atom. The molecule has 7 heteroatoms. The van der Waals surface area contributed by atoms with E-state index < -0.39 is 0 Å². The molecule has 0 radical (unpaired) electrons. The molecular formula is C17H30BrIN4O. The number of guanidine groups is 1. The summed E-state index contributed by atoms with van der Waals surface area (Å²) < 4.78 is 8.76. The van der Waals surface area contributed by atoms with Crippen LogP contribution >= 0.6 is 39.9 Å². The van der Waals surface area contributed by atoms with Gasteiger partial charge in [-0.1, -0.05) is 0 Å². The first kappa shape index (κ1) is 21.8. The molecule has 1 aliphatic carbocycles. The van der Waals surface area contributed by atoms with Gasteiger partial charge in [0.15, 0.2) is 5.96 Å². The van der Waals surface area contributed by atoms with E-state index in [1.165, 1.54) is 18.5 Å². The van der Waals surface area contributed by atoms with Crippen LogP contribution in [0.5, 0.6) is 0 Å². The number of nitrogens with zero attached hydrogens (tertiary/aromatic N) is 3. The fourth-order valence-corrected chi connectivity index (χ4v) is 3.39. The Bertz CT molecular complexity index is 543. The van der Waals surface area contributed by atoms with Gasteiger partial charge in [0.2, 0.25) is 0 Å². The zero-order valence-corrected chi connectivity index (χ0v) is 19.1. The number of ether oxygens (including phenoxy) is 1. The maximum Gasteiger partial charge on any atom is 0.193 e. The molecule has 0 aromatic carbocycles. The van der Waals surface area contributed by atoms with Crippen LogP contribution < -0.4 is 5.32 Å². The summed E-state index contributed by atoms with van der Waals surface area (Å²) in [7, 11) is 5.99. The van der Waals surface area contributed by atoms with E-state index in [9.17, 15) is 0 Å². The summed E-state index contributed by atoms with van der Waals surface area (Å²) >= 11 is 3.52. The Labute approximate surface area is 171 Å². The monoisotopic (exact) mass is 512 g/mol. The van der Waals surface area contributed by atoms with Crippen molar-refractivity contribution in [1.82, 2.24) is 14.8 Å². The lowest BCUT2D eigenvalue weighted by Gasteiger charge is -2.25. The van der Waals surface area contributed by atoms with E-state index in [1.54, 1.807) is 0 Å². The van der Waals surface area contributed by atoms with Gasteiger partial charge in [0, 0.05) is 57.3 Å². The van der Waals surface area contributed by atoms with Gasteiger partial charge in [0.1, 0.15) is 0 Å². The fourth-order valence-electron chi connectivity index (χ4n) is 2.82. The molecule has 0 aliphatic heterocycles. The molecule has 1 fully saturated rings. The van der Waals surface area contributed by atoms with Crippen LogP contribution in [-0.4, -0.2) is 49.3 Å². The highest BCUT2D eigenvalue weighted by molar-refractivity contribution is 14.0. The molecule has 1 aromatic rings. The molecule has 138 valence electrons. The molecule has 0 atom stereocenters. The van der Waals surface area contributed by atoms with Gasteiger partial charge in [-0.05, 0) is 53.6 Å². The van der Waals surface area contributed by atoms with Crippen LogP contribution in [0.3, 0.4) is 0 Å². The Kier molecular flexibility index (Phi) is 9.08. The number of aromatic nitrogens is 1. The summed E-state index contributed by atoms with van der Waals surface area (Å²) in [5.74, 6) is 0.949. The number of aliphatic imine (C=N–C) groups is 1. The lowest BCUT2D eigenvalue weighted by Crippen LogP contribution is -2.41. The predicted octanol–water partition coefficient (Wildman–Crippen LogP) is 3.62. The van der Waals surface area contributed by atoms with Crippen LogP contribution in [0, 0.1) is 5.41 Å². The van der Waals surface area contributed by atoms with E-state index in [-0.39, 0.29) is 24.0 Å². The normalized spacial score (nSPS) is 15.8. The molecule has 1 heterocycles. The van der Waals surface area contributed by atoms with Crippen molar-refractivity contribution in [2.24, 2.45) is 17.5 Å². The van der Waals surface area contributed by atoms with Gasteiger partial charge in [0.25, 0.3) is 0 Å². The summed E-state index contributed by atoms with van der Waals surface area (Å²) in [5.41, 5.74) is 1.67. The molecule has 1 aliphatic rings. The topological polar surface area (TPSA) is 41.8 Å². The van der Waals surface area contributed by atoms with Crippen molar-refractivity contribution in [2.45, 2.75) is 32.7 Å². The van der Waals surface area contributed by atoms with Gasteiger partial charge >= 0.3 is 0 Å². The number of nitrogens with one attached hydrogen (secondary N) is 1. The standard InChI is InChI=1S/C17H29BrN4O.HI/c1-5-23-9-8-17(6-7-17)13-20-16(19-2)22(4)12-15-10-14(18)11-21(15)3;/h10-11H,5-9,12-13H2,1-4H3,(H,19,20);1H. The lowest BCUT2D eigenvalue weighted by molar-refractivity contribution is 0.128. The molecule has 0 unspecified atom stereocenters. The van der Waals surface area contributed by atoms with Gasteiger partial charge in [-0.15, -0.1) is 24.0 Å². The molecular weight excluding hydrogens is 483 g/mol. The molecule has 2 rings (SSSR count). The second kappa shape index (κ2) is 10.0. The molecule has 0 bridgehead atoms. The van der Waals surface area contributed by atoms with E-state index in [0.717, 1.165) is 43.2 Å². The molecule has 1 aromatic heterocycles. The zero-order valence-electron chi connectivity index (χ0n) is 15.1. The molecule has 0 amide bonds. The van der Waals surface area contributed by atoms with Crippen LogP contribution in [0.1, 0.15) is 31.9 Å². The largest absolute Gasteiger partial charge is 0.382 e. The van der Waals surface area contributed by atoms with Crippen molar-refractivity contribution >= 4 is 45.9 Å². The highest BCUT2D eigenvalue weighted by atomic mass is 127. The van der Waals surface area contributed by atoms with E-state index >= 15 is 0 Å². The number of halogens is 2. The third-order valence-electron chi connectivity index (χ3n) is 4.61. The summed E-state index contributed by atoms with van der Waals surface area (Å²) in [5, 5.41) is 3.54. The summed E-state index contributed by atoms with van der Waals surface area (Å²) in [6.07, 6.45) is 5.79. The maximum absolute atomic E-state index is 5.51. The fraction of sp³-hybridized carbons (Fsp3) is 0.706. The van der Waals surface area contributed by atoms with Crippen LogP contribution in [0.15, 0.2) is 21.7 Å². The number of rotatable bonds is 8. The lowest BCUT2D eigenvalue weighted by atomic mass is 10.0. The van der Waals surface area contributed by atoms with E-state index in [1.807, 2.05) is 7.05 Å². The maximum atomic E-state index is 5.51. The number of hydrogen-bond acceptors (Lipinski definition) is 2. The second-order valence-corrected chi connectivity index (χ2v) is 7.38. The van der Waals surface area contributed by atoms with Crippen molar-refractivity contribution in [1.29, 1.82) is 0 Å². The van der Waals surface area contributed by atoms with Crippen molar-refractivity contribution in [2.75, 3.05) is 33.9 Å². The van der Waals surface area contributed by atoms with Gasteiger partial charge in [0.05, 0.1) is 6.54 Å². The van der Waals surface area contributed by atoms with Gasteiger partial charge in [-0.25, -0.2) is 0 Å². The van der Waals surface area contributed by atoms with Crippen molar-refractivity contribution < 1.29 is 4.74 Å². The third kappa shape index (κ3) is 6.22. The molecule has 0 saturated heterocycles. The Morgan fingerprint density at radius 1 is 1.50 bits per heavy atom. The Balaban J connectivity index is 0.00000288. The van der Waals surface area contributed by atoms with E-state index in [0.29, 0.717) is 5.41 Å². The van der Waals surface area contributed by atoms with Crippen molar-refractivity contribution in [3.8, 4) is 0 Å². The molecule has 0 spiro atoms. The Morgan fingerprint density at radius 3 is 2.71 bits per heavy atom. The molecule has 1 N–H and O–H groups in total. The van der Waals surface area contributed by atoms with Crippen LogP contribution in [0.2, 0.25) is 0 Å². The van der Waals surface area contributed by atoms with E-state index in [2.05, 4.69) is 69.0 Å². The minimum Gasteiger partial charge on any atom is -0.382 e. The summed E-state index contributed by atoms with van der Waals surface area (Å²) in [4.78, 5) is 6.59. The highest BCUT2D eigenvalue weighted by Gasteiger charge is 2.42. The van der Waals surface area contributed by atoms with Crippen molar-refractivity contribution in [3.05, 3.63) is 22.4 Å². The SMILES string of the molecule is CCOCCC1(CNC(=NC)N(C)Cc2cc(Br)cn2C)CC1.I. The summed E-state index contributed by atoms with van der Waals surface area (Å²) in [6.45, 7) is 5.53. The minimum absolute atomic E-state index is 0. The second-order valence-electron chi connectivity index (χ2n) is 6.46. The van der Waals surface area contributed by atoms with E-state index in [4.69, 9.17) is 4.74 Å². The van der Waals surface area contributed by atoms with Crippen LogP contribution in [0.25, 0.3) is 0 Å². The Hall–Kier alpha value is -0.280. The first-order valence-electron chi connectivity index (χ1n) is 8.30. The average Bonchev–Trinajstić information content (AvgIpc) is 3.20. The quantitative estimate of drug-likeness (QED) is 0.250. The number of hydrogen-bond donors (Lipinski definition) is 1. The van der Waals surface area contributed by atoms with Crippen LogP contribution in [0.4, 0.5) is 0 Å². The molecule has 1 saturated carbocycles. The zero-order chi connectivity index (χ0) is 16.9. The van der Waals surface area contributed by atoms with Gasteiger partial charge < -0.3 is 19.5 Å². The van der Waals surface area contributed by atoms with Gasteiger partial charge in [-0.3, -0.25) is 4.99 Å². The average molecular weight is 513 g/mol. The smallest absolute Gasteiger partial charge is 0.193 e. The van der Waals surface area contributed by atoms with Crippen LogP contribution in [-0.2, 0) is 18.3 Å². The number of aryl methyl sites for hydroxylation is 1. The first-order chi connectivity index (χ1) is 11.0. The van der Waals surface area contributed by atoms with Crippen molar-refractivity contribution in [3.63, 3.8) is 0 Å².